The maximum Gasteiger partial charge on any atom is 0.308 e. The van der Waals surface area contributed by atoms with Gasteiger partial charge in [-0.3, -0.25) is 4.79 Å². The van der Waals surface area contributed by atoms with Crippen LogP contribution >= 0.6 is 0 Å². The van der Waals surface area contributed by atoms with Gasteiger partial charge in [0.1, 0.15) is 0 Å². The molecule has 0 aromatic rings. The van der Waals surface area contributed by atoms with Gasteiger partial charge in [-0.15, -0.1) is 0 Å². The molecule has 0 saturated carbocycles. The largest absolute Gasteiger partial charge is 0.465 e. The number of ether oxygens (including phenoxy) is 1. The molecule has 27 heavy (non-hydrogen) atoms. The molecule has 1 N–H and O–H groups in total. The molecule has 0 spiro atoms. The van der Waals surface area contributed by atoms with Crippen molar-refractivity contribution in [2.45, 2.75) is 124 Å². The zero-order chi connectivity index (χ0) is 20.2. The Morgan fingerprint density at radius 3 is 1.85 bits per heavy atom. The van der Waals surface area contributed by atoms with Crippen molar-refractivity contribution in [3.05, 3.63) is 0 Å². The number of hydrogen-bond acceptors (Lipinski definition) is 3. The summed E-state index contributed by atoms with van der Waals surface area (Å²) in [6.07, 6.45) is 18.6. The van der Waals surface area contributed by atoms with Crippen LogP contribution in [0.2, 0.25) is 0 Å². The van der Waals surface area contributed by atoms with Gasteiger partial charge >= 0.3 is 5.97 Å². The molecule has 0 rings (SSSR count). The van der Waals surface area contributed by atoms with Crippen molar-refractivity contribution in [1.82, 2.24) is 0 Å². The van der Waals surface area contributed by atoms with Gasteiger partial charge < -0.3 is 9.84 Å². The van der Waals surface area contributed by atoms with Gasteiger partial charge in [-0.2, -0.15) is 0 Å². The maximum atomic E-state index is 12.5. The third-order valence-corrected chi connectivity index (χ3v) is 5.60. The van der Waals surface area contributed by atoms with Crippen LogP contribution in [0, 0.1) is 11.8 Å². The van der Waals surface area contributed by atoms with E-state index >= 15 is 0 Å². The van der Waals surface area contributed by atoms with Crippen molar-refractivity contribution in [2.24, 2.45) is 11.8 Å². The second kappa shape index (κ2) is 20.2. The predicted octanol–water partition coefficient (Wildman–Crippen LogP) is 7.06. The minimum absolute atomic E-state index is 0.0449. The van der Waals surface area contributed by atoms with Gasteiger partial charge in [-0.1, -0.05) is 91.4 Å². The molecule has 0 aromatic carbocycles. The number of unbranched alkanes of at least 4 members (excludes halogenated alkanes) is 9. The highest BCUT2D eigenvalue weighted by atomic mass is 16.5. The lowest BCUT2D eigenvalue weighted by Gasteiger charge is -2.16. The zero-order valence-electron chi connectivity index (χ0n) is 18.6. The number of carbonyl (C=O) groups is 1. The number of hydrogen-bond donors (Lipinski definition) is 1. The SMILES string of the molecule is CCCCCCCCC(CCCCCC)C(=O)OCCCCC(C)CCO. The maximum absolute atomic E-state index is 12.5. The minimum atomic E-state index is 0.0449. The summed E-state index contributed by atoms with van der Waals surface area (Å²) in [5.41, 5.74) is 0. The molecule has 0 amide bonds. The van der Waals surface area contributed by atoms with Crippen LogP contribution in [-0.2, 0) is 9.53 Å². The average Bonchev–Trinajstić information content (AvgIpc) is 2.66. The van der Waals surface area contributed by atoms with Crippen molar-refractivity contribution >= 4 is 5.97 Å². The second-order valence-electron chi connectivity index (χ2n) is 8.38. The molecular weight excluding hydrogens is 336 g/mol. The fourth-order valence-corrected chi connectivity index (χ4v) is 3.62. The summed E-state index contributed by atoms with van der Waals surface area (Å²) in [6, 6.07) is 0. The number of aliphatic hydroxyl groups is 1. The molecule has 3 heteroatoms. The average molecular weight is 385 g/mol. The Bertz CT molecular complexity index is 317. The molecule has 0 aromatic heterocycles. The first-order valence-electron chi connectivity index (χ1n) is 11.9. The summed E-state index contributed by atoms with van der Waals surface area (Å²) in [5, 5.41) is 8.94. The highest BCUT2D eigenvalue weighted by Gasteiger charge is 2.19. The number of carbonyl (C=O) groups excluding carboxylic acids is 1. The van der Waals surface area contributed by atoms with Crippen molar-refractivity contribution in [3.63, 3.8) is 0 Å². The van der Waals surface area contributed by atoms with E-state index in [4.69, 9.17) is 9.84 Å². The van der Waals surface area contributed by atoms with Crippen molar-refractivity contribution in [2.75, 3.05) is 13.2 Å². The third kappa shape index (κ3) is 17.3. The van der Waals surface area contributed by atoms with E-state index in [0.717, 1.165) is 51.4 Å². The molecule has 3 nitrogen and oxygen atoms in total. The van der Waals surface area contributed by atoms with Gasteiger partial charge in [0, 0.05) is 6.61 Å². The highest BCUT2D eigenvalue weighted by Crippen LogP contribution is 2.21. The highest BCUT2D eigenvalue weighted by molar-refractivity contribution is 5.72. The summed E-state index contributed by atoms with van der Waals surface area (Å²) in [7, 11) is 0. The molecule has 0 saturated heterocycles. The van der Waals surface area contributed by atoms with E-state index in [-0.39, 0.29) is 18.5 Å². The molecule has 0 aliphatic carbocycles. The van der Waals surface area contributed by atoms with E-state index < -0.39 is 0 Å². The normalized spacial score (nSPS) is 13.5. The Morgan fingerprint density at radius 1 is 0.741 bits per heavy atom. The first kappa shape index (κ1) is 26.4. The molecule has 0 fully saturated rings. The van der Waals surface area contributed by atoms with Crippen LogP contribution in [0.25, 0.3) is 0 Å². The lowest BCUT2D eigenvalue weighted by Crippen LogP contribution is -2.19. The standard InChI is InChI=1S/C24H48O3/c1-4-6-8-10-11-13-18-23(17-12-9-7-5-2)24(26)27-21-15-14-16-22(3)19-20-25/h22-23,25H,4-21H2,1-3H3. The number of esters is 1. The summed E-state index contributed by atoms with van der Waals surface area (Å²) < 4.78 is 5.61. The third-order valence-electron chi connectivity index (χ3n) is 5.60. The Balaban J connectivity index is 4.03. The quantitative estimate of drug-likeness (QED) is 0.180. The summed E-state index contributed by atoms with van der Waals surface area (Å²) in [5.74, 6) is 0.717. The lowest BCUT2D eigenvalue weighted by molar-refractivity contribution is -0.149. The monoisotopic (exact) mass is 384 g/mol. The van der Waals surface area contributed by atoms with Crippen LogP contribution in [0.3, 0.4) is 0 Å². The van der Waals surface area contributed by atoms with E-state index in [0.29, 0.717) is 12.5 Å². The summed E-state index contributed by atoms with van der Waals surface area (Å²) in [6.45, 7) is 7.48. The number of aliphatic hydroxyl groups excluding tert-OH is 1. The van der Waals surface area contributed by atoms with Crippen LogP contribution in [0.15, 0.2) is 0 Å². The molecule has 0 heterocycles. The smallest absolute Gasteiger partial charge is 0.308 e. The van der Waals surface area contributed by atoms with Gasteiger partial charge in [0.25, 0.3) is 0 Å². The molecular formula is C24H48O3. The molecule has 0 aliphatic heterocycles. The molecule has 2 atom stereocenters. The summed E-state index contributed by atoms with van der Waals surface area (Å²) >= 11 is 0. The molecule has 2 unspecified atom stereocenters. The molecule has 0 bridgehead atoms. The molecule has 162 valence electrons. The topological polar surface area (TPSA) is 46.5 Å². The summed E-state index contributed by atoms with van der Waals surface area (Å²) in [4.78, 5) is 12.5. The Labute approximate surface area is 169 Å². The van der Waals surface area contributed by atoms with E-state index in [2.05, 4.69) is 20.8 Å². The Kier molecular flexibility index (Phi) is 19.7. The lowest BCUT2D eigenvalue weighted by atomic mass is 9.94. The van der Waals surface area contributed by atoms with E-state index in [1.54, 1.807) is 0 Å². The molecule has 0 aliphatic rings. The van der Waals surface area contributed by atoms with Gasteiger partial charge in [-0.05, 0) is 38.0 Å². The van der Waals surface area contributed by atoms with Crippen LogP contribution in [0.5, 0.6) is 0 Å². The Morgan fingerprint density at radius 2 is 1.26 bits per heavy atom. The van der Waals surface area contributed by atoms with Crippen LogP contribution in [-0.4, -0.2) is 24.3 Å². The second-order valence-corrected chi connectivity index (χ2v) is 8.38. The van der Waals surface area contributed by atoms with Crippen molar-refractivity contribution in [1.29, 1.82) is 0 Å². The fourth-order valence-electron chi connectivity index (χ4n) is 3.62. The van der Waals surface area contributed by atoms with Crippen molar-refractivity contribution in [3.8, 4) is 0 Å². The zero-order valence-corrected chi connectivity index (χ0v) is 18.6. The molecule has 0 radical (unpaired) electrons. The first-order valence-corrected chi connectivity index (χ1v) is 11.9. The van der Waals surface area contributed by atoms with Gasteiger partial charge in [0.15, 0.2) is 0 Å². The Hall–Kier alpha value is -0.570. The van der Waals surface area contributed by atoms with Gasteiger partial charge in [0.05, 0.1) is 12.5 Å². The van der Waals surface area contributed by atoms with Gasteiger partial charge in [0.2, 0.25) is 0 Å². The van der Waals surface area contributed by atoms with Crippen LogP contribution < -0.4 is 0 Å². The fraction of sp³-hybridized carbons (Fsp3) is 0.958. The van der Waals surface area contributed by atoms with E-state index in [1.807, 2.05) is 0 Å². The van der Waals surface area contributed by atoms with Crippen molar-refractivity contribution < 1.29 is 14.6 Å². The first-order chi connectivity index (χ1) is 13.2. The van der Waals surface area contributed by atoms with Gasteiger partial charge in [-0.25, -0.2) is 0 Å². The van der Waals surface area contributed by atoms with E-state index in [9.17, 15) is 4.79 Å². The minimum Gasteiger partial charge on any atom is -0.465 e. The van der Waals surface area contributed by atoms with Crippen LogP contribution in [0.1, 0.15) is 124 Å². The van der Waals surface area contributed by atoms with Crippen LogP contribution in [0.4, 0.5) is 0 Å². The number of rotatable bonds is 20. The predicted molar refractivity (Wildman–Crippen MR) is 116 cm³/mol. The van der Waals surface area contributed by atoms with E-state index in [1.165, 1.54) is 51.4 Å².